The lowest BCUT2D eigenvalue weighted by Crippen LogP contribution is -2.24. The third-order valence-corrected chi connectivity index (χ3v) is 5.89. The number of nitrogens with zero attached hydrogens (tertiary/aromatic N) is 3. The van der Waals surface area contributed by atoms with E-state index in [-0.39, 0.29) is 11.8 Å². The molecule has 1 fully saturated rings. The van der Waals surface area contributed by atoms with Gasteiger partial charge in [0, 0.05) is 42.7 Å². The van der Waals surface area contributed by atoms with Crippen molar-refractivity contribution >= 4 is 35.0 Å². The molecule has 31 heavy (non-hydrogen) atoms. The van der Waals surface area contributed by atoms with Crippen LogP contribution < -0.4 is 15.0 Å². The molecule has 2 aromatic heterocycles. The van der Waals surface area contributed by atoms with Gasteiger partial charge in [0.2, 0.25) is 5.91 Å². The topological polar surface area (TPSA) is 97.6 Å². The van der Waals surface area contributed by atoms with Gasteiger partial charge in [-0.15, -0.1) is 0 Å². The first-order valence-corrected chi connectivity index (χ1v) is 10.8. The van der Waals surface area contributed by atoms with Crippen molar-refractivity contribution in [3.05, 3.63) is 59.6 Å². The highest BCUT2D eigenvalue weighted by Gasteiger charge is 2.25. The van der Waals surface area contributed by atoms with E-state index in [1.165, 1.54) is 11.8 Å². The van der Waals surface area contributed by atoms with Gasteiger partial charge in [-0.1, -0.05) is 16.9 Å². The summed E-state index contributed by atoms with van der Waals surface area (Å²) < 4.78 is 10.6. The molecule has 0 atom stereocenters. The van der Waals surface area contributed by atoms with E-state index < -0.39 is 0 Å². The van der Waals surface area contributed by atoms with Crippen molar-refractivity contribution in [1.82, 2.24) is 10.1 Å². The van der Waals surface area contributed by atoms with Crippen molar-refractivity contribution in [3.63, 3.8) is 0 Å². The Balaban J connectivity index is 1.50. The second kappa shape index (κ2) is 9.22. The molecule has 1 N–H and O–H groups in total. The van der Waals surface area contributed by atoms with Crippen LogP contribution in [0.3, 0.4) is 0 Å². The summed E-state index contributed by atoms with van der Waals surface area (Å²) in [6.07, 6.45) is 3.02. The second-order valence-electron chi connectivity index (χ2n) is 7.06. The highest BCUT2D eigenvalue weighted by Crippen LogP contribution is 2.34. The molecular formula is C22H22N4O4S. The number of nitrogens with one attached hydrogen (secondary N) is 1. The molecule has 0 spiro atoms. The van der Waals surface area contributed by atoms with Crippen LogP contribution in [0.1, 0.15) is 34.7 Å². The van der Waals surface area contributed by atoms with Crippen LogP contribution in [0, 0.1) is 6.92 Å². The molecule has 3 aromatic rings. The molecule has 160 valence electrons. The van der Waals surface area contributed by atoms with Crippen molar-refractivity contribution in [2.45, 2.75) is 30.5 Å². The maximum Gasteiger partial charge on any atom is 0.258 e. The van der Waals surface area contributed by atoms with Crippen LogP contribution in [0.5, 0.6) is 5.75 Å². The van der Waals surface area contributed by atoms with Gasteiger partial charge in [0.05, 0.1) is 24.1 Å². The number of carbonyl (C=O) groups excluding carboxylic acids is 2. The SMILES string of the molecule is COc1cc(NC(=O)c2cccnc2SCc2cc(C)on2)ccc1N1CCCC1=O. The lowest BCUT2D eigenvalue weighted by Gasteiger charge is -2.19. The highest BCUT2D eigenvalue weighted by atomic mass is 32.2. The molecule has 9 heteroatoms. The van der Waals surface area contributed by atoms with Crippen LogP contribution in [-0.2, 0) is 10.5 Å². The highest BCUT2D eigenvalue weighted by molar-refractivity contribution is 7.98. The molecule has 0 bridgehead atoms. The Bertz CT molecular complexity index is 1110. The molecule has 0 saturated carbocycles. The van der Waals surface area contributed by atoms with Gasteiger partial charge in [-0.05, 0) is 37.6 Å². The maximum absolute atomic E-state index is 12.9. The number of methoxy groups -OCH3 is 1. The molecule has 0 radical (unpaired) electrons. The van der Waals surface area contributed by atoms with Crippen LogP contribution in [0.15, 0.2) is 52.1 Å². The second-order valence-corrected chi connectivity index (χ2v) is 8.03. The number of hydrogen-bond donors (Lipinski definition) is 1. The summed E-state index contributed by atoms with van der Waals surface area (Å²) in [7, 11) is 1.55. The fraction of sp³-hybridized carbons (Fsp3) is 0.273. The molecule has 0 aliphatic carbocycles. The third-order valence-electron chi connectivity index (χ3n) is 4.85. The van der Waals surface area contributed by atoms with Gasteiger partial charge in [0.15, 0.2) is 0 Å². The van der Waals surface area contributed by atoms with Crippen LogP contribution in [0.2, 0.25) is 0 Å². The average molecular weight is 439 g/mol. The molecule has 1 aliphatic rings. The van der Waals surface area contributed by atoms with Gasteiger partial charge >= 0.3 is 0 Å². The zero-order chi connectivity index (χ0) is 21.8. The Morgan fingerprint density at radius 2 is 2.19 bits per heavy atom. The lowest BCUT2D eigenvalue weighted by molar-refractivity contribution is -0.117. The maximum atomic E-state index is 12.9. The summed E-state index contributed by atoms with van der Waals surface area (Å²) >= 11 is 1.42. The molecule has 4 rings (SSSR count). The van der Waals surface area contributed by atoms with E-state index in [0.717, 1.165) is 17.9 Å². The number of thioether (sulfide) groups is 1. The third kappa shape index (κ3) is 4.72. The number of amides is 2. The van der Waals surface area contributed by atoms with Gasteiger partial charge in [-0.25, -0.2) is 4.98 Å². The molecule has 1 aromatic carbocycles. The number of aromatic nitrogens is 2. The van der Waals surface area contributed by atoms with Gasteiger partial charge in [-0.3, -0.25) is 9.59 Å². The minimum absolute atomic E-state index is 0.0782. The Labute approximate surface area is 184 Å². The molecule has 8 nitrogen and oxygen atoms in total. The van der Waals surface area contributed by atoms with Crippen LogP contribution in [-0.4, -0.2) is 35.6 Å². The number of rotatable bonds is 7. The molecular weight excluding hydrogens is 416 g/mol. The summed E-state index contributed by atoms with van der Waals surface area (Å²) in [5.74, 6) is 1.62. The fourth-order valence-electron chi connectivity index (χ4n) is 3.39. The number of hydrogen-bond acceptors (Lipinski definition) is 7. The largest absolute Gasteiger partial charge is 0.494 e. The Morgan fingerprint density at radius 1 is 1.32 bits per heavy atom. The first-order valence-electron chi connectivity index (χ1n) is 9.85. The zero-order valence-corrected chi connectivity index (χ0v) is 18.1. The zero-order valence-electron chi connectivity index (χ0n) is 17.3. The summed E-state index contributed by atoms with van der Waals surface area (Å²) in [5.41, 5.74) is 2.54. The van der Waals surface area contributed by atoms with E-state index in [2.05, 4.69) is 15.5 Å². The van der Waals surface area contributed by atoms with Crippen molar-refractivity contribution < 1.29 is 18.8 Å². The standard InChI is InChI=1S/C22H22N4O4S/c1-14-11-16(25-30-14)13-31-22-17(5-3-9-23-22)21(28)24-15-7-8-18(19(12-15)29-2)26-10-4-6-20(26)27/h3,5,7-9,11-12H,4,6,10,13H2,1-2H3,(H,24,28). The number of carbonyl (C=O) groups is 2. The van der Waals surface area contributed by atoms with E-state index in [1.807, 2.05) is 13.0 Å². The summed E-state index contributed by atoms with van der Waals surface area (Å²) in [4.78, 5) is 31.1. The number of benzene rings is 1. The Morgan fingerprint density at radius 3 is 2.90 bits per heavy atom. The molecule has 1 saturated heterocycles. The predicted molar refractivity (Wildman–Crippen MR) is 118 cm³/mol. The van der Waals surface area contributed by atoms with E-state index in [9.17, 15) is 9.59 Å². The van der Waals surface area contributed by atoms with Crippen molar-refractivity contribution in [2.75, 3.05) is 23.9 Å². The van der Waals surface area contributed by atoms with Crippen molar-refractivity contribution in [3.8, 4) is 5.75 Å². The van der Waals surface area contributed by atoms with E-state index >= 15 is 0 Å². The normalized spacial score (nSPS) is 13.5. The minimum atomic E-state index is -0.279. The Kier molecular flexibility index (Phi) is 6.22. The minimum Gasteiger partial charge on any atom is -0.494 e. The van der Waals surface area contributed by atoms with Crippen LogP contribution in [0.4, 0.5) is 11.4 Å². The smallest absolute Gasteiger partial charge is 0.258 e. The van der Waals surface area contributed by atoms with E-state index in [0.29, 0.717) is 46.4 Å². The predicted octanol–water partition coefficient (Wildman–Crippen LogP) is 4.06. The van der Waals surface area contributed by atoms with Gasteiger partial charge in [0.25, 0.3) is 5.91 Å². The molecule has 3 heterocycles. The molecule has 1 aliphatic heterocycles. The lowest BCUT2D eigenvalue weighted by atomic mass is 10.2. The van der Waals surface area contributed by atoms with Gasteiger partial charge < -0.3 is 19.5 Å². The van der Waals surface area contributed by atoms with Crippen LogP contribution in [0.25, 0.3) is 0 Å². The van der Waals surface area contributed by atoms with E-state index in [4.69, 9.17) is 9.26 Å². The number of pyridine rings is 1. The van der Waals surface area contributed by atoms with Crippen molar-refractivity contribution in [1.29, 1.82) is 0 Å². The quantitative estimate of drug-likeness (QED) is 0.556. The monoisotopic (exact) mass is 438 g/mol. The fourth-order valence-corrected chi connectivity index (χ4v) is 4.26. The summed E-state index contributed by atoms with van der Waals surface area (Å²) in [6, 6.07) is 10.6. The first-order chi connectivity index (χ1) is 15.0. The number of ether oxygens (including phenoxy) is 1. The average Bonchev–Trinajstić information content (AvgIpc) is 3.40. The Hall–Kier alpha value is -3.33. The molecule has 0 unspecified atom stereocenters. The summed E-state index contributed by atoms with van der Waals surface area (Å²) in [5, 5.41) is 7.47. The molecule has 2 amide bonds. The number of aryl methyl sites for hydroxylation is 1. The van der Waals surface area contributed by atoms with Crippen molar-refractivity contribution in [2.24, 2.45) is 0 Å². The summed E-state index contributed by atoms with van der Waals surface area (Å²) in [6.45, 7) is 2.50. The van der Waals surface area contributed by atoms with Crippen LogP contribution >= 0.6 is 11.8 Å². The number of anilines is 2. The van der Waals surface area contributed by atoms with Gasteiger partial charge in [0.1, 0.15) is 16.5 Å². The van der Waals surface area contributed by atoms with E-state index in [1.54, 1.807) is 48.5 Å². The first kappa shape index (κ1) is 20.9. The van der Waals surface area contributed by atoms with Gasteiger partial charge in [-0.2, -0.15) is 0 Å².